The molecule has 11 heteroatoms. The molecule has 0 aliphatic heterocycles. The number of hydrogen-bond donors (Lipinski definition) is 0. The van der Waals surface area contributed by atoms with Crippen LogP contribution in [0.4, 0.5) is 0 Å². The van der Waals surface area contributed by atoms with Gasteiger partial charge >= 0.3 is 23.9 Å². The monoisotopic (exact) mass is 971 g/mol. The molecule has 0 amide bonds. The van der Waals surface area contributed by atoms with Gasteiger partial charge in [-0.25, -0.2) is 9.59 Å². The zero-order valence-electron chi connectivity index (χ0n) is 41.1. The lowest BCUT2D eigenvalue weighted by Gasteiger charge is -2.29. The van der Waals surface area contributed by atoms with Gasteiger partial charge in [-0.1, -0.05) is 86.0 Å². The molecule has 5 aromatic rings. The number of rotatable bonds is 24. The highest BCUT2D eigenvalue weighted by Gasteiger charge is 2.26. The molecule has 0 saturated heterocycles. The molecule has 5 aromatic carbocycles. The first kappa shape index (κ1) is 52.4. The molecule has 0 atom stereocenters. The average molecular weight is 972 g/mol. The predicted octanol–water partition coefficient (Wildman–Crippen LogP) is 13.2. The van der Waals surface area contributed by atoms with E-state index in [9.17, 15) is 24.4 Å². The van der Waals surface area contributed by atoms with Crippen LogP contribution in [0.3, 0.4) is 0 Å². The molecule has 0 spiro atoms. The van der Waals surface area contributed by atoms with E-state index in [4.69, 9.17) is 28.4 Å². The van der Waals surface area contributed by atoms with E-state index >= 15 is 0 Å². The number of carbonyl (C=O) groups excluding carboxylic acids is 4. The van der Waals surface area contributed by atoms with Crippen LogP contribution in [0, 0.1) is 23.2 Å². The molecule has 374 valence electrons. The fraction of sp³-hybridized carbons (Fsp3) is 0.361. The van der Waals surface area contributed by atoms with E-state index in [1.54, 1.807) is 6.07 Å². The number of nitrogens with zero attached hydrogens (tertiary/aromatic N) is 1. The van der Waals surface area contributed by atoms with Crippen molar-refractivity contribution in [1.82, 2.24) is 0 Å². The molecule has 0 radical (unpaired) electrons. The molecule has 2 aliphatic rings. The molecule has 7 rings (SSSR count). The number of hydrogen-bond acceptors (Lipinski definition) is 11. The van der Waals surface area contributed by atoms with E-state index in [2.05, 4.69) is 67.8 Å². The smallest absolute Gasteiger partial charge is 0.330 e. The van der Waals surface area contributed by atoms with Gasteiger partial charge in [-0.2, -0.15) is 5.26 Å². The summed E-state index contributed by atoms with van der Waals surface area (Å²) in [6.45, 7) is 8.26. The Morgan fingerprint density at radius 3 is 1.28 bits per heavy atom. The molecule has 2 fully saturated rings. The zero-order chi connectivity index (χ0) is 50.5. The van der Waals surface area contributed by atoms with Crippen LogP contribution in [0.15, 0.2) is 141 Å². The number of benzene rings is 5. The summed E-state index contributed by atoms with van der Waals surface area (Å²) in [5.41, 5.74) is 7.45. The normalized spacial score (nSPS) is 17.3. The summed E-state index contributed by atoms with van der Waals surface area (Å²) in [4.78, 5) is 48.7. The molecular formula is C61H65NO10. The second kappa shape index (κ2) is 27.2. The van der Waals surface area contributed by atoms with Gasteiger partial charge in [0.1, 0.15) is 11.5 Å². The lowest BCUT2D eigenvalue weighted by atomic mass is 9.77. The Morgan fingerprint density at radius 1 is 0.500 bits per heavy atom. The van der Waals surface area contributed by atoms with Crippen molar-refractivity contribution in [3.8, 4) is 51.3 Å². The second-order valence-corrected chi connectivity index (χ2v) is 18.7. The maximum Gasteiger partial charge on any atom is 0.330 e. The first-order valence-corrected chi connectivity index (χ1v) is 25.4. The van der Waals surface area contributed by atoms with E-state index in [1.165, 1.54) is 23.3 Å². The summed E-state index contributed by atoms with van der Waals surface area (Å²) in [5.74, 6) is 1.89. The minimum absolute atomic E-state index is 0.0968. The SMILES string of the molecule is C=CC(=O)OCCCOc1ccc(-c2ccc(C3CCC(CCC(=O)Oc4cc(C#N)ccc4OC(=O)CC[C@H]4CC[C@H](c5ccc(-c6ccc(OCCCOC(=O)C=C)cc6)cc5)CC4)CC3)cc2)cc1. The standard InChI is InChI=1S/C61H65NO10/c1-3-58(63)69-39-5-37-67-54-30-26-52(27-31-54)50-22-18-48(19-23-50)46-14-7-43(8-15-46)12-35-60(65)71-56-34-11-45(42-62)41-57(56)72-61(66)36-13-44-9-16-47(17-10-44)49-20-24-51(25-21-49)53-28-32-55(33-29-53)68-38-6-40-70-59(64)4-2/h3-4,11,18-34,41,43-44,46-47H,1-2,5-10,12-17,35-40H2/t43-,44?,46-,47?. The molecule has 11 nitrogen and oxygen atoms in total. The Morgan fingerprint density at radius 2 is 0.889 bits per heavy atom. The summed E-state index contributed by atoms with van der Waals surface area (Å²) >= 11 is 0. The molecule has 0 heterocycles. The van der Waals surface area contributed by atoms with E-state index in [1.807, 2.05) is 48.5 Å². The van der Waals surface area contributed by atoms with Crippen LogP contribution in [0.2, 0.25) is 0 Å². The number of carbonyl (C=O) groups is 4. The highest BCUT2D eigenvalue weighted by Crippen LogP contribution is 2.40. The quantitative estimate of drug-likeness (QED) is 0.0252. The van der Waals surface area contributed by atoms with E-state index in [0.717, 1.165) is 104 Å². The van der Waals surface area contributed by atoms with Crippen molar-refractivity contribution in [2.24, 2.45) is 11.8 Å². The van der Waals surface area contributed by atoms with Crippen LogP contribution in [0.25, 0.3) is 22.3 Å². The maximum atomic E-state index is 13.2. The molecule has 0 bridgehead atoms. The van der Waals surface area contributed by atoms with Gasteiger partial charge in [0.05, 0.1) is 38.1 Å². The minimum Gasteiger partial charge on any atom is -0.493 e. The largest absolute Gasteiger partial charge is 0.493 e. The summed E-state index contributed by atoms with van der Waals surface area (Å²) in [6, 6.07) is 40.2. The van der Waals surface area contributed by atoms with Gasteiger partial charge in [-0.3, -0.25) is 9.59 Å². The number of esters is 4. The number of ether oxygens (including phenoxy) is 6. The Labute approximate surface area is 423 Å². The van der Waals surface area contributed by atoms with Crippen molar-refractivity contribution < 1.29 is 47.6 Å². The first-order chi connectivity index (χ1) is 35.2. The van der Waals surface area contributed by atoms with E-state index in [0.29, 0.717) is 68.3 Å². The van der Waals surface area contributed by atoms with Crippen LogP contribution in [-0.4, -0.2) is 50.3 Å². The molecule has 2 saturated carbocycles. The van der Waals surface area contributed by atoms with Crippen molar-refractivity contribution in [1.29, 1.82) is 5.26 Å². The Hall–Kier alpha value is -7.45. The fourth-order valence-electron chi connectivity index (χ4n) is 9.65. The van der Waals surface area contributed by atoms with Gasteiger partial charge in [-0.05, 0) is 158 Å². The highest BCUT2D eigenvalue weighted by atomic mass is 16.6. The van der Waals surface area contributed by atoms with Crippen LogP contribution in [-0.2, 0) is 28.7 Å². The van der Waals surface area contributed by atoms with Crippen molar-refractivity contribution in [2.45, 2.75) is 102 Å². The Balaban J connectivity index is 0.786. The molecule has 0 N–H and O–H groups in total. The van der Waals surface area contributed by atoms with Crippen LogP contribution >= 0.6 is 0 Å². The lowest BCUT2D eigenvalue weighted by molar-refractivity contribution is -0.138. The van der Waals surface area contributed by atoms with Gasteiger partial charge in [0.15, 0.2) is 11.5 Å². The van der Waals surface area contributed by atoms with Crippen LogP contribution in [0.1, 0.15) is 118 Å². The molecule has 0 unspecified atom stereocenters. The molecule has 2 aliphatic carbocycles. The first-order valence-electron chi connectivity index (χ1n) is 25.4. The van der Waals surface area contributed by atoms with Crippen LogP contribution in [0.5, 0.6) is 23.0 Å². The molecule has 72 heavy (non-hydrogen) atoms. The lowest BCUT2D eigenvalue weighted by Crippen LogP contribution is -2.17. The van der Waals surface area contributed by atoms with Gasteiger partial charge in [0.2, 0.25) is 0 Å². The van der Waals surface area contributed by atoms with Gasteiger partial charge in [-0.15, -0.1) is 0 Å². The maximum absolute atomic E-state index is 13.2. The molecule has 0 aromatic heterocycles. The van der Waals surface area contributed by atoms with E-state index < -0.39 is 17.9 Å². The summed E-state index contributed by atoms with van der Waals surface area (Å²) in [6.07, 6.45) is 13.7. The average Bonchev–Trinajstić information content (AvgIpc) is 3.42. The third-order valence-electron chi connectivity index (χ3n) is 13.8. The van der Waals surface area contributed by atoms with E-state index in [-0.39, 0.29) is 36.9 Å². The van der Waals surface area contributed by atoms with Gasteiger partial charge in [0, 0.05) is 43.9 Å². The third-order valence-corrected chi connectivity index (χ3v) is 13.8. The molecular weight excluding hydrogens is 907 g/mol. The fourth-order valence-corrected chi connectivity index (χ4v) is 9.65. The van der Waals surface area contributed by atoms with Crippen molar-refractivity contribution >= 4 is 23.9 Å². The third kappa shape index (κ3) is 16.0. The summed E-state index contributed by atoms with van der Waals surface area (Å²) in [5, 5.41) is 9.58. The van der Waals surface area contributed by atoms with Gasteiger partial charge in [0.25, 0.3) is 0 Å². The van der Waals surface area contributed by atoms with Crippen LogP contribution < -0.4 is 18.9 Å². The summed E-state index contributed by atoms with van der Waals surface area (Å²) in [7, 11) is 0. The topological polar surface area (TPSA) is 147 Å². The highest BCUT2D eigenvalue weighted by molar-refractivity contribution is 5.81. The number of nitriles is 1. The Bertz CT molecular complexity index is 2620. The zero-order valence-corrected chi connectivity index (χ0v) is 41.1. The van der Waals surface area contributed by atoms with Crippen molar-refractivity contribution in [3.63, 3.8) is 0 Å². The minimum atomic E-state index is -0.432. The van der Waals surface area contributed by atoms with Gasteiger partial charge < -0.3 is 28.4 Å². The summed E-state index contributed by atoms with van der Waals surface area (Å²) < 4.78 is 33.1. The predicted molar refractivity (Wildman–Crippen MR) is 277 cm³/mol. The van der Waals surface area contributed by atoms with Crippen molar-refractivity contribution in [2.75, 3.05) is 26.4 Å². The van der Waals surface area contributed by atoms with Crippen molar-refractivity contribution in [3.05, 3.63) is 157 Å². The Kier molecular flexibility index (Phi) is 19.8. The second-order valence-electron chi connectivity index (χ2n) is 18.7.